The summed E-state index contributed by atoms with van der Waals surface area (Å²) in [6, 6.07) is 8.84. The lowest BCUT2D eigenvalue weighted by Gasteiger charge is -2.06. The van der Waals surface area contributed by atoms with Crippen LogP contribution in [0.3, 0.4) is 0 Å². The molecule has 21 heavy (non-hydrogen) atoms. The van der Waals surface area contributed by atoms with E-state index in [2.05, 4.69) is 5.32 Å². The summed E-state index contributed by atoms with van der Waals surface area (Å²) in [6.45, 7) is -0.310. The molecule has 0 unspecified atom stereocenters. The van der Waals surface area contributed by atoms with Crippen molar-refractivity contribution in [3.05, 3.63) is 70.2 Å². The highest BCUT2D eigenvalue weighted by molar-refractivity contribution is 6.31. The number of Topliss-reactive ketones (excluding diaryl/α,β-unsaturated/α-hetero) is 1. The lowest BCUT2D eigenvalue weighted by molar-refractivity contribution is 0.0901. The number of rotatable bonds is 4. The van der Waals surface area contributed by atoms with Crippen LogP contribution in [0.15, 0.2) is 42.5 Å². The summed E-state index contributed by atoms with van der Waals surface area (Å²) in [6.07, 6.45) is 0. The molecule has 0 spiro atoms. The van der Waals surface area contributed by atoms with Crippen LogP contribution >= 0.6 is 11.6 Å². The second kappa shape index (κ2) is 6.45. The van der Waals surface area contributed by atoms with Gasteiger partial charge in [-0.2, -0.15) is 0 Å². The second-order valence-corrected chi connectivity index (χ2v) is 4.68. The Morgan fingerprint density at radius 3 is 2.52 bits per heavy atom. The van der Waals surface area contributed by atoms with Gasteiger partial charge in [-0.15, -0.1) is 0 Å². The van der Waals surface area contributed by atoms with Gasteiger partial charge in [0, 0.05) is 16.7 Å². The van der Waals surface area contributed by atoms with Gasteiger partial charge in [-0.1, -0.05) is 23.7 Å². The molecule has 0 aliphatic carbocycles. The van der Waals surface area contributed by atoms with Crippen LogP contribution in [0.4, 0.5) is 8.78 Å². The fraction of sp³-hybridized carbons (Fsp3) is 0.0667. The van der Waals surface area contributed by atoms with Gasteiger partial charge in [0.1, 0.15) is 11.6 Å². The molecule has 3 nitrogen and oxygen atoms in total. The summed E-state index contributed by atoms with van der Waals surface area (Å²) in [5.41, 5.74) is 0.0117. The van der Waals surface area contributed by atoms with Gasteiger partial charge >= 0.3 is 0 Å². The first-order chi connectivity index (χ1) is 9.97. The van der Waals surface area contributed by atoms with E-state index in [0.717, 1.165) is 12.1 Å². The van der Waals surface area contributed by atoms with E-state index in [1.54, 1.807) is 18.2 Å². The van der Waals surface area contributed by atoms with E-state index in [1.807, 2.05) is 0 Å². The molecule has 0 aliphatic heterocycles. The lowest BCUT2D eigenvalue weighted by Crippen LogP contribution is -2.30. The van der Waals surface area contributed by atoms with Crippen molar-refractivity contribution in [2.24, 2.45) is 0 Å². The number of hydrogen-bond donors (Lipinski definition) is 1. The second-order valence-electron chi connectivity index (χ2n) is 4.24. The first-order valence-electron chi connectivity index (χ1n) is 5.99. The Morgan fingerprint density at radius 1 is 1.10 bits per heavy atom. The Kier molecular flexibility index (Phi) is 4.65. The molecule has 0 bridgehead atoms. The molecule has 2 aromatic rings. The van der Waals surface area contributed by atoms with Gasteiger partial charge in [-0.25, -0.2) is 8.78 Å². The normalized spacial score (nSPS) is 10.2. The third-order valence-electron chi connectivity index (χ3n) is 2.73. The number of hydrogen-bond acceptors (Lipinski definition) is 2. The Bertz CT molecular complexity index is 704. The summed E-state index contributed by atoms with van der Waals surface area (Å²) in [4.78, 5) is 23.6. The predicted molar refractivity (Wildman–Crippen MR) is 74.5 cm³/mol. The highest BCUT2D eigenvalue weighted by atomic mass is 35.5. The molecule has 6 heteroatoms. The first kappa shape index (κ1) is 15.1. The van der Waals surface area contributed by atoms with Crippen molar-refractivity contribution < 1.29 is 18.4 Å². The minimum Gasteiger partial charge on any atom is -0.344 e. The van der Waals surface area contributed by atoms with Crippen molar-refractivity contribution >= 4 is 23.3 Å². The molecule has 108 valence electrons. The van der Waals surface area contributed by atoms with Crippen LogP contribution in [-0.2, 0) is 0 Å². The van der Waals surface area contributed by atoms with Crippen molar-refractivity contribution in [3.63, 3.8) is 0 Å². The molecule has 1 amide bonds. The summed E-state index contributed by atoms with van der Waals surface area (Å²) in [5, 5.41) is 2.68. The average molecular weight is 310 g/mol. The molecule has 0 aliphatic rings. The van der Waals surface area contributed by atoms with Gasteiger partial charge in [0.05, 0.1) is 12.1 Å². The number of ketones is 1. The maximum absolute atomic E-state index is 13.4. The molecule has 0 heterocycles. The van der Waals surface area contributed by atoms with E-state index >= 15 is 0 Å². The molecule has 0 radical (unpaired) electrons. The topological polar surface area (TPSA) is 46.2 Å². The summed E-state index contributed by atoms with van der Waals surface area (Å²) in [5.74, 6) is -2.92. The van der Waals surface area contributed by atoms with Gasteiger partial charge in [-0.05, 0) is 24.3 Å². The van der Waals surface area contributed by atoms with Crippen LogP contribution < -0.4 is 5.32 Å². The number of nitrogens with one attached hydrogen (secondary N) is 1. The summed E-state index contributed by atoms with van der Waals surface area (Å²) < 4.78 is 26.1. The Balaban J connectivity index is 2.02. The van der Waals surface area contributed by atoms with E-state index < -0.39 is 17.5 Å². The van der Waals surface area contributed by atoms with Crippen LogP contribution in [0.25, 0.3) is 0 Å². The maximum atomic E-state index is 13.4. The molecule has 0 aromatic heterocycles. The maximum Gasteiger partial charge on any atom is 0.254 e. The zero-order chi connectivity index (χ0) is 15.4. The number of benzene rings is 2. The van der Waals surface area contributed by atoms with Crippen molar-refractivity contribution in [3.8, 4) is 0 Å². The molecular weight excluding hydrogens is 300 g/mol. The molecule has 2 aromatic carbocycles. The predicted octanol–water partition coefficient (Wildman–Crippen LogP) is 3.23. The van der Waals surface area contributed by atoms with Gasteiger partial charge in [0.25, 0.3) is 5.91 Å². The SMILES string of the molecule is O=C(CNC(=O)c1ccc(F)cc1F)c1cccc(Cl)c1. The van der Waals surface area contributed by atoms with Gasteiger partial charge in [0.15, 0.2) is 5.78 Å². The van der Waals surface area contributed by atoms with E-state index in [4.69, 9.17) is 11.6 Å². The zero-order valence-electron chi connectivity index (χ0n) is 10.7. The Morgan fingerprint density at radius 2 is 1.86 bits per heavy atom. The first-order valence-corrected chi connectivity index (χ1v) is 6.37. The third-order valence-corrected chi connectivity index (χ3v) is 2.97. The van der Waals surface area contributed by atoms with E-state index in [-0.39, 0.29) is 17.9 Å². The largest absolute Gasteiger partial charge is 0.344 e. The summed E-state index contributed by atoms with van der Waals surface area (Å²) in [7, 11) is 0. The molecule has 0 atom stereocenters. The van der Waals surface area contributed by atoms with Gasteiger partial charge < -0.3 is 5.32 Å². The fourth-order valence-corrected chi connectivity index (χ4v) is 1.88. The van der Waals surface area contributed by atoms with Crippen LogP contribution in [0.2, 0.25) is 5.02 Å². The van der Waals surface area contributed by atoms with Gasteiger partial charge in [-0.3, -0.25) is 9.59 Å². The number of amides is 1. The Hall–Kier alpha value is -2.27. The molecule has 1 N–H and O–H groups in total. The lowest BCUT2D eigenvalue weighted by atomic mass is 10.1. The highest BCUT2D eigenvalue weighted by Crippen LogP contribution is 2.12. The molecular formula is C15H10ClF2NO2. The molecule has 0 fully saturated rings. The van der Waals surface area contributed by atoms with Crippen LogP contribution in [0.1, 0.15) is 20.7 Å². The molecule has 0 saturated carbocycles. The quantitative estimate of drug-likeness (QED) is 0.881. The minimum absolute atomic E-state index is 0.310. The van der Waals surface area contributed by atoms with Crippen LogP contribution in [-0.4, -0.2) is 18.2 Å². The van der Waals surface area contributed by atoms with E-state index in [0.29, 0.717) is 16.7 Å². The van der Waals surface area contributed by atoms with Crippen LogP contribution in [0, 0.1) is 11.6 Å². The van der Waals surface area contributed by atoms with Crippen LogP contribution in [0.5, 0.6) is 0 Å². The van der Waals surface area contributed by atoms with Crippen molar-refractivity contribution in [1.29, 1.82) is 0 Å². The van der Waals surface area contributed by atoms with E-state index in [9.17, 15) is 18.4 Å². The minimum atomic E-state index is -0.984. The third kappa shape index (κ3) is 3.86. The molecule has 0 saturated heterocycles. The van der Waals surface area contributed by atoms with E-state index in [1.165, 1.54) is 6.07 Å². The summed E-state index contributed by atoms with van der Waals surface area (Å²) >= 11 is 5.76. The highest BCUT2D eigenvalue weighted by Gasteiger charge is 2.14. The molecule has 2 rings (SSSR count). The van der Waals surface area contributed by atoms with Crippen molar-refractivity contribution in [1.82, 2.24) is 5.32 Å². The average Bonchev–Trinajstić information content (AvgIpc) is 2.44. The standard InChI is InChI=1S/C15H10ClF2NO2/c16-10-3-1-2-9(6-10)14(20)8-19-15(21)12-5-4-11(17)7-13(12)18/h1-7H,8H2,(H,19,21). The van der Waals surface area contributed by atoms with Gasteiger partial charge in [0.2, 0.25) is 0 Å². The van der Waals surface area contributed by atoms with Crippen molar-refractivity contribution in [2.75, 3.05) is 6.54 Å². The number of halogens is 3. The smallest absolute Gasteiger partial charge is 0.254 e. The Labute approximate surface area is 124 Å². The van der Waals surface area contributed by atoms with Crippen molar-refractivity contribution in [2.45, 2.75) is 0 Å². The number of carbonyl (C=O) groups is 2. The fourth-order valence-electron chi connectivity index (χ4n) is 1.69. The monoisotopic (exact) mass is 309 g/mol. The zero-order valence-corrected chi connectivity index (χ0v) is 11.5. The number of carbonyl (C=O) groups excluding carboxylic acids is 2.